The van der Waals surface area contributed by atoms with Crippen molar-refractivity contribution in [1.29, 1.82) is 0 Å². The van der Waals surface area contributed by atoms with E-state index in [0.717, 1.165) is 11.1 Å². The quantitative estimate of drug-likeness (QED) is 0.677. The van der Waals surface area contributed by atoms with Crippen molar-refractivity contribution in [2.45, 2.75) is 6.92 Å². The summed E-state index contributed by atoms with van der Waals surface area (Å²) >= 11 is 11.7. The molecule has 0 radical (unpaired) electrons. The Labute approximate surface area is 115 Å². The lowest BCUT2D eigenvalue weighted by Gasteiger charge is -2.02. The van der Waals surface area contributed by atoms with Crippen LogP contribution in [0, 0.1) is 6.92 Å². The summed E-state index contributed by atoms with van der Waals surface area (Å²) in [6, 6.07) is 9.56. The fraction of sp³-hybridized carbons (Fsp3) is 0.0769. The number of pyridine rings is 1. The van der Waals surface area contributed by atoms with E-state index in [9.17, 15) is 0 Å². The van der Waals surface area contributed by atoms with Gasteiger partial charge in [-0.25, -0.2) is 4.98 Å². The van der Waals surface area contributed by atoms with Crippen molar-refractivity contribution in [2.24, 2.45) is 5.10 Å². The predicted octanol–water partition coefficient (Wildman–Crippen LogP) is 4.14. The van der Waals surface area contributed by atoms with Gasteiger partial charge in [0.25, 0.3) is 0 Å². The van der Waals surface area contributed by atoms with Crippen molar-refractivity contribution >= 4 is 35.2 Å². The number of anilines is 1. The van der Waals surface area contributed by atoms with Gasteiger partial charge in [-0.15, -0.1) is 0 Å². The molecule has 3 nitrogen and oxygen atoms in total. The summed E-state index contributed by atoms with van der Waals surface area (Å²) in [7, 11) is 0. The summed E-state index contributed by atoms with van der Waals surface area (Å²) in [5, 5.41) is 5.03. The van der Waals surface area contributed by atoms with Crippen LogP contribution in [-0.4, -0.2) is 11.2 Å². The molecular formula is C13H11Cl2N3. The Bertz CT molecular complexity index is 582. The standard InChI is InChI=1S/C13H11Cl2N3/c1-9-4-2-3-5-10(9)7-17-18-13-12(15)6-11(14)8-16-13/h2-8H,1H3,(H,16,18)/b17-7+. The maximum Gasteiger partial charge on any atom is 0.165 e. The molecule has 2 rings (SSSR count). The molecule has 1 aromatic heterocycles. The molecule has 0 saturated heterocycles. The van der Waals surface area contributed by atoms with E-state index in [1.54, 1.807) is 12.3 Å². The van der Waals surface area contributed by atoms with Crippen LogP contribution >= 0.6 is 23.2 Å². The molecule has 0 unspecified atom stereocenters. The highest BCUT2D eigenvalue weighted by atomic mass is 35.5. The normalized spacial score (nSPS) is 10.8. The Balaban J connectivity index is 2.10. The third-order valence-corrected chi connectivity index (χ3v) is 2.87. The first-order valence-corrected chi connectivity index (χ1v) is 6.08. The highest BCUT2D eigenvalue weighted by Gasteiger charge is 2.00. The summed E-state index contributed by atoms with van der Waals surface area (Å²) in [4.78, 5) is 4.04. The minimum Gasteiger partial charge on any atom is -0.260 e. The fourth-order valence-corrected chi connectivity index (χ4v) is 1.81. The van der Waals surface area contributed by atoms with Gasteiger partial charge in [-0.05, 0) is 24.1 Å². The molecule has 1 N–H and O–H groups in total. The van der Waals surface area contributed by atoms with E-state index in [1.165, 1.54) is 6.20 Å². The van der Waals surface area contributed by atoms with Gasteiger partial charge in [0.1, 0.15) is 0 Å². The topological polar surface area (TPSA) is 37.3 Å². The number of aryl methyl sites for hydroxylation is 1. The van der Waals surface area contributed by atoms with Gasteiger partial charge in [-0.2, -0.15) is 5.10 Å². The number of benzene rings is 1. The van der Waals surface area contributed by atoms with Crippen LogP contribution in [0.15, 0.2) is 41.6 Å². The largest absolute Gasteiger partial charge is 0.260 e. The zero-order valence-corrected chi connectivity index (χ0v) is 11.2. The first-order valence-electron chi connectivity index (χ1n) is 5.32. The molecule has 0 spiro atoms. The summed E-state index contributed by atoms with van der Waals surface area (Å²) in [6.45, 7) is 2.02. The molecule has 92 valence electrons. The monoisotopic (exact) mass is 279 g/mol. The highest BCUT2D eigenvalue weighted by Crippen LogP contribution is 2.22. The number of nitrogens with zero attached hydrogens (tertiary/aromatic N) is 2. The summed E-state index contributed by atoms with van der Waals surface area (Å²) in [5.74, 6) is 0.478. The molecule has 1 heterocycles. The SMILES string of the molecule is Cc1ccccc1/C=N/Nc1ncc(Cl)cc1Cl. The molecule has 0 bridgehead atoms. The van der Waals surface area contributed by atoms with Crippen LogP contribution in [0.2, 0.25) is 10.0 Å². The Kier molecular flexibility index (Phi) is 4.18. The van der Waals surface area contributed by atoms with Crippen molar-refractivity contribution < 1.29 is 0 Å². The molecule has 0 amide bonds. The molecule has 18 heavy (non-hydrogen) atoms. The molecule has 1 aromatic carbocycles. The Morgan fingerprint density at radius 3 is 2.78 bits per heavy atom. The van der Waals surface area contributed by atoms with Gasteiger partial charge in [0.2, 0.25) is 0 Å². The van der Waals surface area contributed by atoms with Crippen LogP contribution in [0.1, 0.15) is 11.1 Å². The number of aromatic nitrogens is 1. The van der Waals surface area contributed by atoms with Gasteiger partial charge >= 0.3 is 0 Å². The zero-order chi connectivity index (χ0) is 13.0. The Morgan fingerprint density at radius 2 is 2.06 bits per heavy atom. The van der Waals surface area contributed by atoms with Crippen LogP contribution in [0.3, 0.4) is 0 Å². The average Bonchev–Trinajstić information content (AvgIpc) is 2.34. The number of rotatable bonds is 3. The van der Waals surface area contributed by atoms with E-state index in [0.29, 0.717) is 15.9 Å². The van der Waals surface area contributed by atoms with Crippen molar-refractivity contribution in [2.75, 3.05) is 5.43 Å². The van der Waals surface area contributed by atoms with Gasteiger partial charge in [0.15, 0.2) is 5.82 Å². The van der Waals surface area contributed by atoms with Gasteiger partial charge in [0, 0.05) is 6.20 Å². The molecule has 0 atom stereocenters. The number of hydrogen-bond acceptors (Lipinski definition) is 3. The lowest BCUT2D eigenvalue weighted by molar-refractivity contribution is 1.23. The smallest absolute Gasteiger partial charge is 0.165 e. The highest BCUT2D eigenvalue weighted by molar-refractivity contribution is 6.35. The molecule has 0 aliphatic rings. The lowest BCUT2D eigenvalue weighted by Crippen LogP contribution is -1.95. The van der Waals surface area contributed by atoms with Crippen molar-refractivity contribution in [1.82, 2.24) is 4.98 Å². The van der Waals surface area contributed by atoms with E-state index in [1.807, 2.05) is 31.2 Å². The van der Waals surface area contributed by atoms with Gasteiger partial charge in [0.05, 0.1) is 16.3 Å². The van der Waals surface area contributed by atoms with Crippen LogP contribution in [0.4, 0.5) is 5.82 Å². The Hall–Kier alpha value is -1.58. The minimum atomic E-state index is 0.435. The van der Waals surface area contributed by atoms with E-state index in [-0.39, 0.29) is 0 Å². The molecular weight excluding hydrogens is 269 g/mol. The zero-order valence-electron chi connectivity index (χ0n) is 9.69. The van der Waals surface area contributed by atoms with E-state index in [2.05, 4.69) is 15.5 Å². The molecule has 2 aromatic rings. The third-order valence-electron chi connectivity index (χ3n) is 2.37. The number of hydrogen-bond donors (Lipinski definition) is 1. The fourth-order valence-electron chi connectivity index (χ4n) is 1.39. The number of hydrazone groups is 1. The molecule has 0 aliphatic heterocycles. The van der Waals surface area contributed by atoms with E-state index in [4.69, 9.17) is 23.2 Å². The number of nitrogens with one attached hydrogen (secondary N) is 1. The molecule has 0 fully saturated rings. The van der Waals surface area contributed by atoms with Crippen molar-refractivity contribution in [3.63, 3.8) is 0 Å². The van der Waals surface area contributed by atoms with Gasteiger partial charge < -0.3 is 0 Å². The summed E-state index contributed by atoms with van der Waals surface area (Å²) in [5.41, 5.74) is 4.97. The third kappa shape index (κ3) is 3.22. The lowest BCUT2D eigenvalue weighted by atomic mass is 10.1. The number of halogens is 2. The second-order valence-corrected chi connectivity index (χ2v) is 4.55. The molecule has 0 aliphatic carbocycles. The summed E-state index contributed by atoms with van der Waals surface area (Å²) < 4.78 is 0. The first kappa shape index (κ1) is 12.9. The first-order chi connectivity index (χ1) is 8.66. The maximum atomic E-state index is 5.96. The Morgan fingerprint density at radius 1 is 1.28 bits per heavy atom. The minimum absolute atomic E-state index is 0.435. The maximum absolute atomic E-state index is 5.96. The van der Waals surface area contributed by atoms with Gasteiger partial charge in [-0.1, -0.05) is 47.5 Å². The van der Waals surface area contributed by atoms with Crippen LogP contribution < -0.4 is 5.43 Å². The second-order valence-electron chi connectivity index (χ2n) is 3.71. The summed E-state index contributed by atoms with van der Waals surface area (Å²) in [6.07, 6.45) is 3.24. The average molecular weight is 280 g/mol. The van der Waals surface area contributed by atoms with Crippen LogP contribution in [0.5, 0.6) is 0 Å². The molecule has 0 saturated carbocycles. The second kappa shape index (κ2) is 5.85. The van der Waals surface area contributed by atoms with Crippen molar-refractivity contribution in [3.8, 4) is 0 Å². The van der Waals surface area contributed by atoms with E-state index < -0.39 is 0 Å². The van der Waals surface area contributed by atoms with Crippen LogP contribution in [0.25, 0.3) is 0 Å². The molecule has 5 heteroatoms. The van der Waals surface area contributed by atoms with Gasteiger partial charge in [-0.3, -0.25) is 5.43 Å². The van der Waals surface area contributed by atoms with Crippen molar-refractivity contribution in [3.05, 3.63) is 57.7 Å². The van der Waals surface area contributed by atoms with E-state index >= 15 is 0 Å². The predicted molar refractivity (Wildman–Crippen MR) is 76.7 cm³/mol. The van der Waals surface area contributed by atoms with Crippen LogP contribution in [-0.2, 0) is 0 Å².